The van der Waals surface area contributed by atoms with E-state index >= 15 is 0 Å². The smallest absolute Gasteiger partial charge is 0.210 e. The molecule has 10 heavy (non-hydrogen) atoms. The van der Waals surface area contributed by atoms with Crippen molar-refractivity contribution < 1.29 is 9.84 Å². The lowest BCUT2D eigenvalue weighted by Crippen LogP contribution is -2.24. The van der Waals surface area contributed by atoms with Crippen LogP contribution in [0.25, 0.3) is 0 Å². The van der Waals surface area contributed by atoms with Crippen molar-refractivity contribution in [3.8, 4) is 0 Å². The van der Waals surface area contributed by atoms with Gasteiger partial charge in [-0.25, -0.2) is 0 Å². The third kappa shape index (κ3) is 1.70. The summed E-state index contributed by atoms with van der Waals surface area (Å²) in [7, 11) is 0. The Morgan fingerprint density at radius 1 is 1.80 bits per heavy atom. The Morgan fingerprint density at radius 2 is 2.40 bits per heavy atom. The van der Waals surface area contributed by atoms with Crippen LogP contribution in [-0.4, -0.2) is 23.7 Å². The van der Waals surface area contributed by atoms with Crippen LogP contribution >= 0.6 is 0 Å². The first-order chi connectivity index (χ1) is 4.75. The van der Waals surface area contributed by atoms with Gasteiger partial charge in [-0.1, -0.05) is 0 Å². The number of aliphatic hydroxyl groups is 1. The van der Waals surface area contributed by atoms with Crippen molar-refractivity contribution in [3.63, 3.8) is 0 Å². The van der Waals surface area contributed by atoms with Crippen LogP contribution in [0.4, 0.5) is 0 Å². The molecule has 0 saturated heterocycles. The zero-order valence-electron chi connectivity index (χ0n) is 6.13. The Morgan fingerprint density at radius 3 is 2.80 bits per heavy atom. The fourth-order valence-corrected chi connectivity index (χ4v) is 0.867. The molecule has 0 bridgehead atoms. The van der Waals surface area contributed by atoms with Crippen LogP contribution in [0.15, 0.2) is 0 Å². The van der Waals surface area contributed by atoms with Crippen molar-refractivity contribution in [3.05, 3.63) is 0 Å². The second-order valence-corrected chi connectivity index (χ2v) is 2.58. The first-order valence-electron chi connectivity index (χ1n) is 3.65. The molecule has 0 aliphatic heterocycles. The first kappa shape index (κ1) is 7.54. The summed E-state index contributed by atoms with van der Waals surface area (Å²) in [4.78, 5) is 0. The lowest BCUT2D eigenvalue weighted by atomic mass is 10.2. The van der Waals surface area contributed by atoms with Gasteiger partial charge in [0.05, 0.1) is 6.61 Å². The van der Waals surface area contributed by atoms with E-state index in [9.17, 15) is 5.11 Å². The van der Waals surface area contributed by atoms with Gasteiger partial charge in [0.2, 0.25) is 5.90 Å². The van der Waals surface area contributed by atoms with Crippen LogP contribution in [-0.2, 0) is 4.74 Å². The third-order valence-electron chi connectivity index (χ3n) is 1.64. The maximum atomic E-state index is 9.24. The summed E-state index contributed by atoms with van der Waals surface area (Å²) < 4.78 is 4.84. The summed E-state index contributed by atoms with van der Waals surface area (Å²) in [5, 5.41) is 16.4. The minimum Gasteiger partial charge on any atom is -0.480 e. The number of aliphatic hydroxyl groups excluding tert-OH is 1. The molecule has 1 fully saturated rings. The van der Waals surface area contributed by atoms with E-state index in [2.05, 4.69) is 0 Å². The van der Waals surface area contributed by atoms with E-state index in [1.807, 2.05) is 6.92 Å². The Balaban J connectivity index is 2.24. The van der Waals surface area contributed by atoms with E-state index in [1.54, 1.807) is 0 Å². The number of ether oxygens (including phenoxy) is 1. The minimum absolute atomic E-state index is 0.0324. The highest BCUT2D eigenvalue weighted by Gasteiger charge is 2.33. The number of rotatable bonds is 3. The van der Waals surface area contributed by atoms with Gasteiger partial charge in [-0.2, -0.15) is 0 Å². The van der Waals surface area contributed by atoms with Gasteiger partial charge in [0.1, 0.15) is 6.10 Å². The molecule has 1 aliphatic rings. The second kappa shape index (κ2) is 3.01. The number of hydrogen-bond donors (Lipinski definition) is 2. The van der Waals surface area contributed by atoms with Gasteiger partial charge < -0.3 is 9.84 Å². The molecular formula is C7H13NO2. The van der Waals surface area contributed by atoms with E-state index in [4.69, 9.17) is 10.1 Å². The van der Waals surface area contributed by atoms with Crippen molar-refractivity contribution in [1.82, 2.24) is 0 Å². The fourth-order valence-electron chi connectivity index (χ4n) is 0.867. The van der Waals surface area contributed by atoms with Crippen molar-refractivity contribution in [2.75, 3.05) is 6.61 Å². The third-order valence-corrected chi connectivity index (χ3v) is 1.64. The topological polar surface area (TPSA) is 53.3 Å². The highest BCUT2D eigenvalue weighted by molar-refractivity contribution is 5.78. The normalized spacial score (nSPS) is 20.2. The van der Waals surface area contributed by atoms with E-state index in [1.165, 1.54) is 0 Å². The van der Waals surface area contributed by atoms with Crippen LogP contribution in [0.2, 0.25) is 0 Å². The molecule has 2 N–H and O–H groups in total. The predicted octanol–water partition coefficient (Wildman–Crippen LogP) is 0.771. The summed E-state index contributed by atoms with van der Waals surface area (Å²) >= 11 is 0. The lowest BCUT2D eigenvalue weighted by molar-refractivity contribution is 0.170. The van der Waals surface area contributed by atoms with Crippen molar-refractivity contribution in [1.29, 1.82) is 5.41 Å². The van der Waals surface area contributed by atoms with Crippen LogP contribution in [0.3, 0.4) is 0 Å². The van der Waals surface area contributed by atoms with Crippen LogP contribution < -0.4 is 0 Å². The molecule has 0 aromatic rings. The predicted molar refractivity (Wildman–Crippen MR) is 38.1 cm³/mol. The molecule has 1 aliphatic carbocycles. The number of hydrogen-bond acceptors (Lipinski definition) is 3. The van der Waals surface area contributed by atoms with Gasteiger partial charge in [-0.15, -0.1) is 0 Å². The molecule has 0 amide bonds. The molecule has 0 aromatic heterocycles. The van der Waals surface area contributed by atoms with Gasteiger partial charge in [0, 0.05) is 0 Å². The molecule has 0 radical (unpaired) electrons. The summed E-state index contributed by atoms with van der Waals surface area (Å²) in [5.41, 5.74) is 0. The summed E-state index contributed by atoms with van der Waals surface area (Å²) in [6.07, 6.45) is 1.44. The van der Waals surface area contributed by atoms with Gasteiger partial charge >= 0.3 is 0 Å². The first-order valence-corrected chi connectivity index (χ1v) is 3.65. The standard InChI is InChI=1S/C7H13NO2/c1-2-10-7(8)6(9)5-3-4-5/h5-6,8-9H,2-4H2,1H3. The van der Waals surface area contributed by atoms with Crippen LogP contribution in [0.1, 0.15) is 19.8 Å². The molecule has 1 unspecified atom stereocenters. The monoisotopic (exact) mass is 143 g/mol. The molecule has 3 heteroatoms. The Bertz CT molecular complexity index is 132. The van der Waals surface area contributed by atoms with Crippen molar-refractivity contribution in [2.24, 2.45) is 5.92 Å². The average molecular weight is 143 g/mol. The zero-order chi connectivity index (χ0) is 7.56. The number of nitrogens with one attached hydrogen (secondary N) is 1. The van der Waals surface area contributed by atoms with E-state index in [0.717, 1.165) is 12.8 Å². The lowest BCUT2D eigenvalue weighted by Gasteiger charge is -2.09. The SMILES string of the molecule is CCOC(=N)C(O)C1CC1. The zero-order valence-corrected chi connectivity index (χ0v) is 6.13. The molecule has 0 aromatic carbocycles. The molecule has 0 spiro atoms. The van der Waals surface area contributed by atoms with E-state index in [-0.39, 0.29) is 5.90 Å². The van der Waals surface area contributed by atoms with Gasteiger partial charge in [0.15, 0.2) is 0 Å². The second-order valence-electron chi connectivity index (χ2n) is 2.58. The molecule has 1 saturated carbocycles. The van der Waals surface area contributed by atoms with Gasteiger partial charge in [-0.05, 0) is 25.7 Å². The maximum absolute atomic E-state index is 9.24. The minimum atomic E-state index is -0.639. The van der Waals surface area contributed by atoms with Gasteiger partial charge in [0.25, 0.3) is 0 Å². The summed E-state index contributed by atoms with van der Waals surface area (Å²) in [6, 6.07) is 0. The highest BCUT2D eigenvalue weighted by Crippen LogP contribution is 2.32. The molecular weight excluding hydrogens is 130 g/mol. The molecule has 1 atom stereocenters. The molecule has 0 heterocycles. The Kier molecular flexibility index (Phi) is 2.27. The fraction of sp³-hybridized carbons (Fsp3) is 0.857. The highest BCUT2D eigenvalue weighted by atomic mass is 16.5. The largest absolute Gasteiger partial charge is 0.480 e. The van der Waals surface area contributed by atoms with Crippen molar-refractivity contribution >= 4 is 5.90 Å². The maximum Gasteiger partial charge on any atom is 0.210 e. The van der Waals surface area contributed by atoms with Crippen LogP contribution in [0.5, 0.6) is 0 Å². The van der Waals surface area contributed by atoms with Crippen molar-refractivity contribution in [2.45, 2.75) is 25.9 Å². The van der Waals surface area contributed by atoms with E-state index < -0.39 is 6.10 Å². The average Bonchev–Trinajstić information content (AvgIpc) is 2.68. The Labute approximate surface area is 60.5 Å². The van der Waals surface area contributed by atoms with E-state index in [0.29, 0.717) is 12.5 Å². The summed E-state index contributed by atoms with van der Waals surface area (Å²) in [5.74, 6) is 0.337. The molecule has 58 valence electrons. The van der Waals surface area contributed by atoms with Gasteiger partial charge in [-0.3, -0.25) is 5.41 Å². The molecule has 1 rings (SSSR count). The van der Waals surface area contributed by atoms with Crippen LogP contribution in [0, 0.1) is 11.3 Å². The summed E-state index contributed by atoms with van der Waals surface area (Å²) in [6.45, 7) is 2.29. The Hall–Kier alpha value is -0.570. The quantitative estimate of drug-likeness (QED) is 0.453. The molecule has 3 nitrogen and oxygen atoms in total.